The molecule has 0 radical (unpaired) electrons. The van der Waals surface area contributed by atoms with Crippen molar-refractivity contribution in [2.45, 2.75) is 52.7 Å². The van der Waals surface area contributed by atoms with Gasteiger partial charge >= 0.3 is 0 Å². The molecule has 0 saturated carbocycles. The molecule has 3 aromatic rings. The van der Waals surface area contributed by atoms with Gasteiger partial charge in [-0.05, 0) is 24.5 Å². The molecule has 1 atom stereocenters. The topological polar surface area (TPSA) is 101 Å². The minimum atomic E-state index is -2.96. The van der Waals surface area contributed by atoms with Gasteiger partial charge in [-0.2, -0.15) is 18.9 Å². The summed E-state index contributed by atoms with van der Waals surface area (Å²) in [6.45, 7) is 7.52. The molecule has 4 heterocycles. The van der Waals surface area contributed by atoms with Gasteiger partial charge in [-0.1, -0.05) is 19.9 Å². The molecule has 0 saturated heterocycles. The molecule has 0 aromatic carbocycles. The number of aryl methyl sites for hydroxylation is 1. The monoisotopic (exact) mass is 470 g/mol. The third-order valence-corrected chi connectivity index (χ3v) is 5.73. The molecular formula is C23H28F2N8O. The second-order valence-electron chi connectivity index (χ2n) is 8.96. The van der Waals surface area contributed by atoms with Crippen molar-refractivity contribution >= 4 is 23.4 Å². The van der Waals surface area contributed by atoms with Crippen LogP contribution in [-0.4, -0.2) is 43.7 Å². The summed E-state index contributed by atoms with van der Waals surface area (Å²) >= 11 is 0. The maximum Gasteiger partial charge on any atom is 0.286 e. The highest BCUT2D eigenvalue weighted by molar-refractivity contribution is 6.03. The molecule has 0 unspecified atom stereocenters. The van der Waals surface area contributed by atoms with E-state index in [2.05, 4.69) is 30.7 Å². The highest BCUT2D eigenvalue weighted by Crippen LogP contribution is 2.34. The minimum absolute atomic E-state index is 0.0573. The lowest BCUT2D eigenvalue weighted by Gasteiger charge is -2.36. The van der Waals surface area contributed by atoms with Crippen LogP contribution in [0, 0.1) is 12.8 Å². The number of rotatable bonds is 7. The quantitative estimate of drug-likeness (QED) is 0.545. The van der Waals surface area contributed by atoms with Gasteiger partial charge in [0.1, 0.15) is 17.4 Å². The first kappa shape index (κ1) is 23.5. The van der Waals surface area contributed by atoms with Crippen molar-refractivity contribution in [3.63, 3.8) is 0 Å². The molecule has 1 aliphatic heterocycles. The molecule has 34 heavy (non-hydrogen) atoms. The van der Waals surface area contributed by atoms with E-state index in [0.717, 1.165) is 18.1 Å². The van der Waals surface area contributed by atoms with Crippen molar-refractivity contribution in [1.82, 2.24) is 24.7 Å². The van der Waals surface area contributed by atoms with Crippen LogP contribution in [0.2, 0.25) is 0 Å². The highest BCUT2D eigenvalue weighted by atomic mass is 19.3. The van der Waals surface area contributed by atoms with E-state index in [1.807, 2.05) is 38.9 Å². The van der Waals surface area contributed by atoms with Gasteiger partial charge in [-0.3, -0.25) is 14.5 Å². The van der Waals surface area contributed by atoms with Gasteiger partial charge in [0.2, 0.25) is 11.9 Å². The van der Waals surface area contributed by atoms with Gasteiger partial charge in [0.05, 0.1) is 18.4 Å². The molecule has 4 rings (SSSR count). The second kappa shape index (κ2) is 8.96. The van der Waals surface area contributed by atoms with Gasteiger partial charge < -0.3 is 15.5 Å². The van der Waals surface area contributed by atoms with Crippen LogP contribution < -0.4 is 15.5 Å². The number of anilines is 3. The van der Waals surface area contributed by atoms with E-state index in [4.69, 9.17) is 0 Å². The smallest absolute Gasteiger partial charge is 0.286 e. The van der Waals surface area contributed by atoms with E-state index < -0.39 is 5.92 Å². The van der Waals surface area contributed by atoms with Crippen molar-refractivity contribution in [2.75, 3.05) is 22.6 Å². The maximum atomic E-state index is 13.3. The summed E-state index contributed by atoms with van der Waals surface area (Å²) < 4.78 is 28.4. The van der Waals surface area contributed by atoms with Crippen molar-refractivity contribution < 1.29 is 13.6 Å². The number of fused-ring (bicyclic) bond motifs is 1. The predicted octanol–water partition coefficient (Wildman–Crippen LogP) is 3.56. The van der Waals surface area contributed by atoms with Crippen molar-refractivity contribution in [3.8, 4) is 0 Å². The molecule has 3 aromatic heterocycles. The summed E-state index contributed by atoms with van der Waals surface area (Å²) in [5, 5.41) is 10.5. The van der Waals surface area contributed by atoms with Crippen LogP contribution in [0.15, 0.2) is 30.7 Å². The zero-order valence-electron chi connectivity index (χ0n) is 19.8. The van der Waals surface area contributed by atoms with Crippen molar-refractivity contribution in [2.24, 2.45) is 5.92 Å². The number of carbonyl (C=O) groups is 1. The summed E-state index contributed by atoms with van der Waals surface area (Å²) in [5.74, 6) is -1.76. The second-order valence-corrected chi connectivity index (χ2v) is 8.96. The Bertz CT molecular complexity index is 1190. The zero-order valence-corrected chi connectivity index (χ0v) is 19.8. The first-order valence-corrected chi connectivity index (χ1v) is 11.0. The highest BCUT2D eigenvalue weighted by Gasteiger charge is 2.35. The van der Waals surface area contributed by atoms with Crippen LogP contribution in [0.4, 0.5) is 26.2 Å². The lowest BCUT2D eigenvalue weighted by molar-refractivity contribution is -0.118. The molecule has 9 nitrogen and oxygen atoms in total. The maximum absolute atomic E-state index is 13.3. The van der Waals surface area contributed by atoms with E-state index in [-0.39, 0.29) is 23.6 Å². The van der Waals surface area contributed by atoms with Crippen LogP contribution in [0.3, 0.4) is 0 Å². The van der Waals surface area contributed by atoms with Crippen molar-refractivity contribution in [3.05, 3.63) is 53.2 Å². The summed E-state index contributed by atoms with van der Waals surface area (Å²) in [7, 11) is 1.87. The number of pyridine rings is 1. The van der Waals surface area contributed by atoms with E-state index in [0.29, 0.717) is 36.2 Å². The predicted molar refractivity (Wildman–Crippen MR) is 125 cm³/mol. The lowest BCUT2D eigenvalue weighted by Crippen LogP contribution is -2.49. The van der Waals surface area contributed by atoms with Crippen LogP contribution in [0.25, 0.3) is 0 Å². The summed E-state index contributed by atoms with van der Waals surface area (Å²) in [5.41, 5.74) is 2.73. The third kappa shape index (κ3) is 4.82. The Labute approximate surface area is 196 Å². The third-order valence-electron chi connectivity index (χ3n) is 5.73. The lowest BCUT2D eigenvalue weighted by atomic mass is 9.99. The molecular weight excluding hydrogens is 442 g/mol. The van der Waals surface area contributed by atoms with Crippen LogP contribution >= 0.6 is 0 Å². The normalized spacial score (nSPS) is 15.9. The number of alkyl halides is 2. The van der Waals surface area contributed by atoms with Crippen LogP contribution in [0.1, 0.15) is 43.3 Å². The van der Waals surface area contributed by atoms with Gasteiger partial charge in [0.15, 0.2) is 5.82 Å². The summed E-state index contributed by atoms with van der Waals surface area (Å²) in [6.07, 6.45) is 5.03. The van der Waals surface area contributed by atoms with Gasteiger partial charge in [-0.25, -0.2) is 4.98 Å². The Hall–Kier alpha value is -3.63. The fraction of sp³-hybridized carbons (Fsp3) is 0.435. The molecule has 0 fully saturated rings. The molecule has 0 spiro atoms. The Morgan fingerprint density at radius 3 is 2.62 bits per heavy atom. The number of nitrogens with zero attached hydrogens (tertiary/aromatic N) is 6. The van der Waals surface area contributed by atoms with Gasteiger partial charge in [0, 0.05) is 38.5 Å². The molecule has 1 aliphatic rings. The fourth-order valence-corrected chi connectivity index (χ4v) is 4.02. The number of likely N-dealkylation sites (N-methyl/N-ethyl adjacent to an activating group) is 1. The minimum Gasteiger partial charge on any atom is -0.350 e. The summed E-state index contributed by atoms with van der Waals surface area (Å²) in [4.78, 5) is 27.3. The molecule has 0 bridgehead atoms. The Balaban J connectivity index is 1.43. The Kier molecular flexibility index (Phi) is 6.20. The first-order valence-electron chi connectivity index (χ1n) is 11.0. The molecule has 0 aliphatic carbocycles. The van der Waals surface area contributed by atoms with E-state index >= 15 is 0 Å². The molecule has 2 N–H and O–H groups in total. The standard InChI is InChI=1S/C23H28F2N8O/c1-13(2)19-21(34)30-18-14(3)29-22(31-20(18)32(19)5)27-9-16-10-28-33(12-16)11-15-6-7-17(26-8-15)23(4,24)25/h6-8,10,12-13,19H,9,11H2,1-5H3,(H,30,34)(H,27,29,31)/t19-/m0/s1. The van der Waals surface area contributed by atoms with Crippen LogP contribution in [0.5, 0.6) is 0 Å². The number of hydrogen-bond donors (Lipinski definition) is 2. The molecule has 180 valence electrons. The van der Waals surface area contributed by atoms with Crippen LogP contribution in [-0.2, 0) is 23.8 Å². The van der Waals surface area contributed by atoms with Gasteiger partial charge in [-0.15, -0.1) is 0 Å². The zero-order chi connectivity index (χ0) is 24.6. The molecule has 1 amide bonds. The Morgan fingerprint density at radius 2 is 1.97 bits per heavy atom. The average Bonchev–Trinajstić information content (AvgIpc) is 3.20. The number of hydrogen-bond acceptors (Lipinski definition) is 7. The SMILES string of the molecule is Cc1nc(NCc2cnn(Cc3ccc(C(C)(F)F)nc3)c2)nc2c1NC(=O)[C@H](C(C)C)N2C. The number of nitrogens with one attached hydrogen (secondary N) is 2. The Morgan fingerprint density at radius 1 is 1.21 bits per heavy atom. The van der Waals surface area contributed by atoms with E-state index in [1.165, 1.54) is 12.3 Å². The van der Waals surface area contributed by atoms with E-state index in [1.54, 1.807) is 16.9 Å². The molecule has 11 heteroatoms. The number of carbonyl (C=O) groups excluding carboxylic acids is 1. The number of amides is 1. The van der Waals surface area contributed by atoms with Crippen molar-refractivity contribution in [1.29, 1.82) is 0 Å². The average molecular weight is 471 g/mol. The first-order chi connectivity index (χ1) is 16.0. The largest absolute Gasteiger partial charge is 0.350 e. The van der Waals surface area contributed by atoms with E-state index in [9.17, 15) is 13.6 Å². The number of aromatic nitrogens is 5. The number of halogens is 2. The summed E-state index contributed by atoms with van der Waals surface area (Å²) in [6, 6.07) is 2.66. The fourth-order valence-electron chi connectivity index (χ4n) is 4.02. The van der Waals surface area contributed by atoms with Gasteiger partial charge in [0.25, 0.3) is 5.92 Å².